The van der Waals surface area contributed by atoms with Gasteiger partial charge in [-0.2, -0.15) is 0 Å². The molecule has 5 nitrogen and oxygen atoms in total. The number of halogens is 1. The summed E-state index contributed by atoms with van der Waals surface area (Å²) in [6, 6.07) is 1.71. The second-order valence-electron chi connectivity index (χ2n) is 3.39. The van der Waals surface area contributed by atoms with Crippen LogP contribution in [0.1, 0.15) is 23.8 Å². The molecule has 0 saturated heterocycles. The first-order chi connectivity index (χ1) is 7.54. The molecule has 0 aliphatic heterocycles. The molecule has 1 heterocycles. The van der Waals surface area contributed by atoms with Gasteiger partial charge in [-0.05, 0) is 28.4 Å². The van der Waals surface area contributed by atoms with Gasteiger partial charge in [0, 0.05) is 17.2 Å². The van der Waals surface area contributed by atoms with E-state index >= 15 is 0 Å². The van der Waals surface area contributed by atoms with Gasteiger partial charge < -0.3 is 15.6 Å². The topological polar surface area (TPSA) is 77.1 Å². The van der Waals surface area contributed by atoms with Crippen molar-refractivity contribution in [3.8, 4) is 0 Å². The molecule has 1 rings (SSSR count). The van der Waals surface area contributed by atoms with E-state index in [1.807, 2.05) is 17.7 Å². The van der Waals surface area contributed by atoms with Crippen molar-refractivity contribution in [2.24, 2.45) is 5.73 Å². The number of aromatic nitrogens is 1. The molecule has 0 aliphatic rings. The summed E-state index contributed by atoms with van der Waals surface area (Å²) < 4.78 is 2.67. The van der Waals surface area contributed by atoms with E-state index in [4.69, 9.17) is 5.73 Å². The third-order valence-electron chi connectivity index (χ3n) is 1.98. The molecule has 0 spiro atoms. The van der Waals surface area contributed by atoms with Crippen LogP contribution in [0.5, 0.6) is 0 Å². The number of carbonyl (C=O) groups is 2. The maximum absolute atomic E-state index is 11.7. The smallest absolute Gasteiger partial charge is 0.268 e. The monoisotopic (exact) mass is 287 g/mol. The van der Waals surface area contributed by atoms with Gasteiger partial charge in [0.25, 0.3) is 5.91 Å². The Hall–Kier alpha value is -1.30. The van der Waals surface area contributed by atoms with E-state index in [0.717, 1.165) is 17.4 Å². The van der Waals surface area contributed by atoms with Crippen LogP contribution < -0.4 is 11.1 Å². The van der Waals surface area contributed by atoms with E-state index in [2.05, 4.69) is 21.2 Å². The van der Waals surface area contributed by atoms with Crippen molar-refractivity contribution >= 4 is 27.7 Å². The van der Waals surface area contributed by atoms with E-state index < -0.39 is 5.91 Å². The lowest BCUT2D eigenvalue weighted by molar-refractivity contribution is -0.117. The molecule has 0 radical (unpaired) electrons. The lowest BCUT2D eigenvalue weighted by Gasteiger charge is -2.07. The second-order valence-corrected chi connectivity index (χ2v) is 4.30. The first kappa shape index (κ1) is 12.8. The Morgan fingerprint density at radius 2 is 2.25 bits per heavy atom. The quantitative estimate of drug-likeness (QED) is 0.843. The van der Waals surface area contributed by atoms with Gasteiger partial charge in [0.2, 0.25) is 5.91 Å². The van der Waals surface area contributed by atoms with Crippen molar-refractivity contribution in [2.75, 3.05) is 6.54 Å². The zero-order chi connectivity index (χ0) is 12.1. The fraction of sp³-hybridized carbons (Fsp3) is 0.400. The van der Waals surface area contributed by atoms with Crippen LogP contribution in [0, 0.1) is 0 Å². The van der Waals surface area contributed by atoms with Crippen LogP contribution in [0.2, 0.25) is 0 Å². The fourth-order valence-electron chi connectivity index (χ4n) is 1.35. The highest BCUT2D eigenvalue weighted by Gasteiger charge is 2.12. The van der Waals surface area contributed by atoms with Crippen molar-refractivity contribution in [3.63, 3.8) is 0 Å². The molecule has 2 amide bonds. The first-order valence-corrected chi connectivity index (χ1v) is 5.76. The number of nitrogens with zero attached hydrogens (tertiary/aromatic N) is 1. The number of primary amides is 1. The van der Waals surface area contributed by atoms with E-state index in [1.54, 1.807) is 6.07 Å². The molecule has 6 heteroatoms. The fourth-order valence-corrected chi connectivity index (χ4v) is 1.81. The number of rotatable bonds is 5. The minimum Gasteiger partial charge on any atom is -0.368 e. The molecular weight excluding hydrogens is 274 g/mol. The normalized spacial score (nSPS) is 10.1. The van der Waals surface area contributed by atoms with Crippen LogP contribution >= 0.6 is 15.9 Å². The second kappa shape index (κ2) is 5.69. The minimum atomic E-state index is -0.555. The van der Waals surface area contributed by atoms with Gasteiger partial charge in [-0.25, -0.2) is 0 Å². The molecule has 0 atom stereocenters. The summed E-state index contributed by atoms with van der Waals surface area (Å²) in [6.45, 7) is 2.64. The molecule has 0 aromatic carbocycles. The highest BCUT2D eigenvalue weighted by Crippen LogP contribution is 2.15. The molecule has 88 valence electrons. The molecule has 0 aliphatic carbocycles. The predicted molar refractivity (Wildman–Crippen MR) is 64.0 cm³/mol. The van der Waals surface area contributed by atoms with Gasteiger partial charge in [-0.15, -0.1) is 0 Å². The summed E-state index contributed by atoms with van der Waals surface area (Å²) in [7, 11) is 0. The summed E-state index contributed by atoms with van der Waals surface area (Å²) in [6.07, 6.45) is 2.76. The lowest BCUT2D eigenvalue weighted by Crippen LogP contribution is -2.34. The number of aryl methyl sites for hydroxylation is 1. The van der Waals surface area contributed by atoms with Gasteiger partial charge in [0.15, 0.2) is 0 Å². The largest absolute Gasteiger partial charge is 0.368 e. The summed E-state index contributed by atoms with van der Waals surface area (Å²) in [5.41, 5.74) is 5.47. The Bertz CT molecular complexity index is 401. The Kier molecular flexibility index (Phi) is 4.54. The van der Waals surface area contributed by atoms with Crippen molar-refractivity contribution in [1.82, 2.24) is 9.88 Å². The lowest BCUT2D eigenvalue weighted by atomic mass is 10.3. The maximum atomic E-state index is 11.7. The third kappa shape index (κ3) is 3.37. The van der Waals surface area contributed by atoms with Crippen LogP contribution in [-0.2, 0) is 11.3 Å². The van der Waals surface area contributed by atoms with Gasteiger partial charge in [0.05, 0.1) is 6.54 Å². The van der Waals surface area contributed by atoms with Gasteiger partial charge in [-0.1, -0.05) is 6.92 Å². The maximum Gasteiger partial charge on any atom is 0.268 e. The van der Waals surface area contributed by atoms with Crippen LogP contribution in [0.3, 0.4) is 0 Å². The SMILES string of the molecule is CCCn1cc(Br)cc1C(=O)NCC(N)=O. The highest BCUT2D eigenvalue weighted by molar-refractivity contribution is 9.10. The van der Waals surface area contributed by atoms with Crippen molar-refractivity contribution in [2.45, 2.75) is 19.9 Å². The number of hydrogen-bond donors (Lipinski definition) is 2. The Balaban J connectivity index is 2.77. The van der Waals surface area contributed by atoms with Crippen molar-refractivity contribution < 1.29 is 9.59 Å². The number of nitrogens with two attached hydrogens (primary N) is 1. The summed E-state index contributed by atoms with van der Waals surface area (Å²) in [5, 5.41) is 2.46. The first-order valence-electron chi connectivity index (χ1n) is 4.96. The Labute approximate surface area is 102 Å². The zero-order valence-corrected chi connectivity index (χ0v) is 10.6. The average molecular weight is 288 g/mol. The summed E-state index contributed by atoms with van der Waals surface area (Å²) >= 11 is 3.31. The molecule has 0 bridgehead atoms. The minimum absolute atomic E-state index is 0.145. The van der Waals surface area contributed by atoms with Crippen LogP contribution in [0.4, 0.5) is 0 Å². The number of carbonyl (C=O) groups excluding carboxylic acids is 2. The van der Waals surface area contributed by atoms with E-state index in [1.165, 1.54) is 0 Å². The molecule has 3 N–H and O–H groups in total. The number of hydrogen-bond acceptors (Lipinski definition) is 2. The van der Waals surface area contributed by atoms with Gasteiger partial charge in [-0.3, -0.25) is 9.59 Å². The molecular formula is C10H14BrN3O2. The molecule has 0 saturated carbocycles. The zero-order valence-electron chi connectivity index (χ0n) is 9.00. The molecule has 0 unspecified atom stereocenters. The van der Waals surface area contributed by atoms with E-state index in [9.17, 15) is 9.59 Å². The van der Waals surface area contributed by atoms with Crippen molar-refractivity contribution in [3.05, 3.63) is 22.4 Å². The van der Waals surface area contributed by atoms with Crippen LogP contribution in [0.15, 0.2) is 16.7 Å². The Morgan fingerprint density at radius 3 is 2.81 bits per heavy atom. The molecule has 0 fully saturated rings. The highest BCUT2D eigenvalue weighted by atomic mass is 79.9. The predicted octanol–water partition coefficient (Wildman–Crippen LogP) is 0.876. The van der Waals surface area contributed by atoms with Crippen LogP contribution in [-0.4, -0.2) is 22.9 Å². The Morgan fingerprint density at radius 1 is 1.56 bits per heavy atom. The van der Waals surface area contributed by atoms with E-state index in [-0.39, 0.29) is 12.5 Å². The van der Waals surface area contributed by atoms with E-state index in [0.29, 0.717) is 5.69 Å². The standard InChI is InChI=1S/C10H14BrN3O2/c1-2-3-14-6-7(11)4-8(14)10(16)13-5-9(12)15/h4,6H,2-3,5H2,1H3,(H2,12,15)(H,13,16). The van der Waals surface area contributed by atoms with Gasteiger partial charge >= 0.3 is 0 Å². The summed E-state index contributed by atoms with van der Waals surface area (Å²) in [5.74, 6) is -0.848. The van der Waals surface area contributed by atoms with Crippen molar-refractivity contribution in [1.29, 1.82) is 0 Å². The molecule has 1 aromatic heterocycles. The van der Waals surface area contributed by atoms with Crippen LogP contribution in [0.25, 0.3) is 0 Å². The number of nitrogens with one attached hydrogen (secondary N) is 1. The number of amides is 2. The van der Waals surface area contributed by atoms with Gasteiger partial charge in [0.1, 0.15) is 5.69 Å². The molecule has 1 aromatic rings. The summed E-state index contributed by atoms with van der Waals surface area (Å²) in [4.78, 5) is 22.2. The molecule has 16 heavy (non-hydrogen) atoms. The average Bonchev–Trinajstić information content (AvgIpc) is 2.56. The third-order valence-corrected chi connectivity index (χ3v) is 2.42.